The van der Waals surface area contributed by atoms with Crippen LogP contribution in [0.15, 0.2) is 0 Å². The van der Waals surface area contributed by atoms with Crippen LogP contribution in [0.25, 0.3) is 0 Å². The molecule has 0 fully saturated rings. The van der Waals surface area contributed by atoms with E-state index in [1.54, 1.807) is 0 Å². The molecule has 0 amide bonds. The number of aliphatic hydroxyl groups excluding tert-OH is 1. The zero-order valence-electron chi connectivity index (χ0n) is 61.8. The van der Waals surface area contributed by atoms with Crippen LogP contribution >= 0.6 is 15.6 Å². The van der Waals surface area contributed by atoms with Gasteiger partial charge in [-0.2, -0.15) is 0 Å². The monoisotopic (exact) mass is 1400 g/mol. The van der Waals surface area contributed by atoms with E-state index in [4.69, 9.17) is 37.0 Å². The van der Waals surface area contributed by atoms with E-state index in [0.717, 1.165) is 102 Å². The first-order valence-corrected chi connectivity index (χ1v) is 42.6. The zero-order chi connectivity index (χ0) is 69.8. The number of phosphoric ester groups is 2. The number of aliphatic hydroxyl groups is 1. The molecule has 0 aromatic heterocycles. The van der Waals surface area contributed by atoms with Gasteiger partial charge >= 0.3 is 39.5 Å². The molecule has 0 saturated heterocycles. The molecular weight excluding hydrogens is 1250 g/mol. The molecule has 0 aliphatic rings. The maximum Gasteiger partial charge on any atom is 0.472 e. The van der Waals surface area contributed by atoms with Crippen LogP contribution < -0.4 is 0 Å². The summed E-state index contributed by atoms with van der Waals surface area (Å²) in [6, 6.07) is 0. The molecule has 19 heteroatoms. The van der Waals surface area contributed by atoms with Crippen molar-refractivity contribution in [3.05, 3.63) is 0 Å². The third-order valence-corrected chi connectivity index (χ3v) is 19.7. The fourth-order valence-corrected chi connectivity index (χ4v) is 13.3. The summed E-state index contributed by atoms with van der Waals surface area (Å²) in [5, 5.41) is 10.6. The number of hydrogen-bond donors (Lipinski definition) is 3. The highest BCUT2D eigenvalue weighted by atomic mass is 31.2. The van der Waals surface area contributed by atoms with Gasteiger partial charge in [-0.05, 0) is 31.6 Å². The lowest BCUT2D eigenvalue weighted by Crippen LogP contribution is -2.30. The maximum absolute atomic E-state index is 13.1. The smallest absolute Gasteiger partial charge is 0.462 e. The van der Waals surface area contributed by atoms with E-state index in [1.165, 1.54) is 218 Å². The van der Waals surface area contributed by atoms with Crippen molar-refractivity contribution in [1.82, 2.24) is 0 Å². The van der Waals surface area contributed by atoms with Crippen molar-refractivity contribution in [2.24, 2.45) is 5.92 Å². The van der Waals surface area contributed by atoms with Gasteiger partial charge in [-0.1, -0.05) is 349 Å². The zero-order valence-corrected chi connectivity index (χ0v) is 63.6. The van der Waals surface area contributed by atoms with Gasteiger partial charge in [-0.15, -0.1) is 0 Å². The molecule has 0 heterocycles. The number of rotatable bonds is 76. The van der Waals surface area contributed by atoms with E-state index in [0.29, 0.717) is 25.7 Å². The van der Waals surface area contributed by atoms with E-state index >= 15 is 0 Å². The van der Waals surface area contributed by atoms with Crippen LogP contribution in [0, 0.1) is 5.92 Å². The summed E-state index contributed by atoms with van der Waals surface area (Å²) >= 11 is 0. The predicted octanol–water partition coefficient (Wildman–Crippen LogP) is 22.5. The third-order valence-electron chi connectivity index (χ3n) is 17.8. The summed E-state index contributed by atoms with van der Waals surface area (Å²) in [7, 11) is -9.91. The number of hydrogen-bond acceptors (Lipinski definition) is 15. The van der Waals surface area contributed by atoms with Gasteiger partial charge in [0, 0.05) is 25.7 Å². The van der Waals surface area contributed by atoms with Crippen molar-refractivity contribution in [3.63, 3.8) is 0 Å². The molecule has 5 atom stereocenters. The Bertz CT molecular complexity index is 1820. The minimum absolute atomic E-state index is 0.106. The summed E-state index contributed by atoms with van der Waals surface area (Å²) in [5.41, 5.74) is 0. The van der Waals surface area contributed by atoms with Gasteiger partial charge in [-0.25, -0.2) is 9.13 Å². The Labute approximate surface area is 581 Å². The lowest BCUT2D eigenvalue weighted by atomic mass is 10.0. The number of carbonyl (C=O) groups excluding carboxylic acids is 4. The van der Waals surface area contributed by atoms with E-state index in [-0.39, 0.29) is 25.7 Å². The molecule has 17 nitrogen and oxygen atoms in total. The third kappa shape index (κ3) is 70.3. The lowest BCUT2D eigenvalue weighted by molar-refractivity contribution is -0.161. The summed E-state index contributed by atoms with van der Waals surface area (Å²) in [6.07, 6.45) is 58.4. The molecule has 0 spiro atoms. The van der Waals surface area contributed by atoms with Crippen LogP contribution in [-0.2, 0) is 65.4 Å². The highest BCUT2D eigenvalue weighted by Crippen LogP contribution is 2.45. The summed E-state index contributed by atoms with van der Waals surface area (Å²) in [6.45, 7) is 7.24. The molecule has 0 aliphatic carbocycles. The fraction of sp³-hybridized carbons (Fsp3) is 0.947. The number of ether oxygens (including phenoxy) is 4. The summed E-state index contributed by atoms with van der Waals surface area (Å²) in [5.74, 6) is -1.38. The SMILES string of the molecule is CCCCCCCCCCCCCCCCCCCCCCC(=O)O[C@H](COC(=O)CCCCCCCCCCCCCCCCC)COP(=O)(O)OC[C@@H](O)COP(=O)(O)OC[C@@H](COC(=O)CCCCCCCCCC)OC(=O)CCCCCCCCCCCC(C)C. The van der Waals surface area contributed by atoms with Gasteiger partial charge in [0.25, 0.3) is 0 Å². The average molecular weight is 1400 g/mol. The fourth-order valence-electron chi connectivity index (χ4n) is 11.7. The Morgan fingerprint density at radius 3 is 0.716 bits per heavy atom. The molecule has 0 aliphatic heterocycles. The first kappa shape index (κ1) is 93.1. The molecule has 0 radical (unpaired) electrons. The van der Waals surface area contributed by atoms with Crippen LogP contribution in [-0.4, -0.2) is 96.7 Å². The van der Waals surface area contributed by atoms with Crippen LogP contribution in [0.5, 0.6) is 0 Å². The second kappa shape index (κ2) is 69.2. The number of unbranched alkanes of at least 4 members (excludes halogenated alkanes) is 48. The van der Waals surface area contributed by atoms with Crippen molar-refractivity contribution in [2.75, 3.05) is 39.6 Å². The maximum atomic E-state index is 13.1. The van der Waals surface area contributed by atoms with Gasteiger partial charge in [0.1, 0.15) is 19.3 Å². The Morgan fingerprint density at radius 2 is 0.484 bits per heavy atom. The van der Waals surface area contributed by atoms with Gasteiger partial charge in [0.05, 0.1) is 26.4 Å². The topological polar surface area (TPSA) is 237 Å². The van der Waals surface area contributed by atoms with Gasteiger partial charge < -0.3 is 33.8 Å². The standard InChI is InChI=1S/C76H148O17P2/c1-6-9-12-15-18-21-23-25-27-28-29-30-31-33-35-37-41-46-51-56-61-75(80)92-72(66-87-74(79)60-55-50-45-40-36-34-32-26-24-22-19-16-13-10-7-2)68-91-95(84,85)89-64-70(77)63-88-94(82,83)90-67-71(65-86-73(78)59-54-49-44-20-17-14-11-8-3)93-76(81)62-57-52-47-42-38-39-43-48-53-58-69(4)5/h69-72,77H,6-68H2,1-5H3,(H,82,83)(H,84,85)/t70-,71+,72+/m0/s1. The highest BCUT2D eigenvalue weighted by molar-refractivity contribution is 7.47. The Morgan fingerprint density at radius 1 is 0.284 bits per heavy atom. The lowest BCUT2D eigenvalue weighted by Gasteiger charge is -2.21. The van der Waals surface area contributed by atoms with Crippen LogP contribution in [0.3, 0.4) is 0 Å². The molecule has 0 aromatic rings. The van der Waals surface area contributed by atoms with Crippen LogP contribution in [0.1, 0.15) is 401 Å². The predicted molar refractivity (Wildman–Crippen MR) is 386 cm³/mol. The van der Waals surface area contributed by atoms with Gasteiger partial charge in [0.15, 0.2) is 12.2 Å². The first-order chi connectivity index (χ1) is 46.0. The van der Waals surface area contributed by atoms with E-state index < -0.39 is 97.5 Å². The van der Waals surface area contributed by atoms with E-state index in [2.05, 4.69) is 34.6 Å². The van der Waals surface area contributed by atoms with Gasteiger partial charge in [0.2, 0.25) is 0 Å². The molecule has 2 unspecified atom stereocenters. The molecule has 3 N–H and O–H groups in total. The largest absolute Gasteiger partial charge is 0.472 e. The Hall–Kier alpha value is -1.94. The molecular formula is C76H148O17P2. The van der Waals surface area contributed by atoms with Crippen molar-refractivity contribution in [3.8, 4) is 0 Å². The van der Waals surface area contributed by atoms with Crippen molar-refractivity contribution < 1.29 is 80.2 Å². The molecule has 95 heavy (non-hydrogen) atoms. The molecule has 0 saturated carbocycles. The summed E-state index contributed by atoms with van der Waals surface area (Å²) in [4.78, 5) is 72.7. The molecule has 0 bridgehead atoms. The molecule has 0 aromatic carbocycles. The van der Waals surface area contributed by atoms with Crippen LogP contribution in [0.4, 0.5) is 0 Å². The average Bonchev–Trinajstić information content (AvgIpc) is 1.29. The molecule has 0 rings (SSSR count). The molecule has 564 valence electrons. The quantitative estimate of drug-likeness (QED) is 0.0222. The highest BCUT2D eigenvalue weighted by Gasteiger charge is 2.30. The van der Waals surface area contributed by atoms with Gasteiger partial charge in [-0.3, -0.25) is 37.3 Å². The van der Waals surface area contributed by atoms with E-state index in [1.807, 2.05) is 0 Å². The second-order valence-corrected chi connectivity index (χ2v) is 30.8. The Kier molecular flexibility index (Phi) is 67.7. The minimum atomic E-state index is -4.96. The summed E-state index contributed by atoms with van der Waals surface area (Å²) < 4.78 is 68.4. The Balaban J connectivity index is 5.19. The minimum Gasteiger partial charge on any atom is -0.462 e. The second-order valence-electron chi connectivity index (χ2n) is 27.9. The first-order valence-electron chi connectivity index (χ1n) is 39.6. The van der Waals surface area contributed by atoms with Crippen molar-refractivity contribution >= 4 is 39.5 Å². The number of esters is 4. The number of carbonyl (C=O) groups is 4. The van der Waals surface area contributed by atoms with E-state index in [9.17, 15) is 43.2 Å². The van der Waals surface area contributed by atoms with Crippen LogP contribution in [0.2, 0.25) is 0 Å². The number of phosphoric acid groups is 2. The van der Waals surface area contributed by atoms with Crippen molar-refractivity contribution in [1.29, 1.82) is 0 Å². The van der Waals surface area contributed by atoms with Crippen molar-refractivity contribution in [2.45, 2.75) is 419 Å². The normalized spacial score (nSPS) is 13.9.